The lowest BCUT2D eigenvalue weighted by atomic mass is 9.77. The zero-order valence-electron chi connectivity index (χ0n) is 10.3. The van der Waals surface area contributed by atoms with Gasteiger partial charge in [0.15, 0.2) is 0 Å². The number of ether oxygens (including phenoxy) is 1. The Morgan fingerprint density at radius 1 is 1.67 bits per heavy atom. The molecule has 0 N–H and O–H groups in total. The number of amides is 1. The summed E-state index contributed by atoms with van der Waals surface area (Å²) in [5.74, 6) is -2.69. The van der Waals surface area contributed by atoms with Crippen molar-refractivity contribution in [3.63, 3.8) is 0 Å². The second kappa shape index (κ2) is 3.82. The number of hydrogen-bond donors (Lipinski definition) is 0. The summed E-state index contributed by atoms with van der Waals surface area (Å²) in [6, 6.07) is 0. The average molecular weight is 250 g/mol. The van der Waals surface area contributed by atoms with E-state index < -0.39 is 29.5 Å². The van der Waals surface area contributed by atoms with Crippen LogP contribution in [-0.2, 0) is 14.3 Å². The van der Waals surface area contributed by atoms with Gasteiger partial charge >= 0.3 is 0 Å². The third-order valence-corrected chi connectivity index (χ3v) is 4.23. The molecule has 3 aliphatic rings. The van der Waals surface area contributed by atoms with Crippen LogP contribution in [0.15, 0.2) is 12.2 Å². The first kappa shape index (κ1) is 11.7. The highest BCUT2D eigenvalue weighted by molar-refractivity contribution is 5.90. The molecule has 2 saturated heterocycles. The first-order valence-electron chi connectivity index (χ1n) is 6.46. The monoisotopic (exact) mass is 250 g/mol. The van der Waals surface area contributed by atoms with Crippen LogP contribution in [0.5, 0.6) is 0 Å². The van der Waals surface area contributed by atoms with E-state index in [9.17, 15) is 14.7 Å². The van der Waals surface area contributed by atoms with Crippen LogP contribution in [-0.4, -0.2) is 41.6 Å². The van der Waals surface area contributed by atoms with Crippen LogP contribution in [0.3, 0.4) is 0 Å². The number of carbonyl (C=O) groups excluding carboxylic acids is 2. The molecule has 1 amide bonds. The number of carboxylic acids is 1. The predicted molar refractivity (Wildman–Crippen MR) is 60.2 cm³/mol. The lowest BCUT2D eigenvalue weighted by Crippen LogP contribution is -2.45. The van der Waals surface area contributed by atoms with Crippen LogP contribution in [0, 0.1) is 11.8 Å². The van der Waals surface area contributed by atoms with Gasteiger partial charge in [0.2, 0.25) is 5.91 Å². The van der Waals surface area contributed by atoms with Crippen molar-refractivity contribution in [1.29, 1.82) is 0 Å². The summed E-state index contributed by atoms with van der Waals surface area (Å²) in [5.41, 5.74) is -0.708. The molecule has 0 unspecified atom stereocenters. The van der Waals surface area contributed by atoms with Gasteiger partial charge in [0, 0.05) is 18.4 Å². The van der Waals surface area contributed by atoms with Gasteiger partial charge in [0.05, 0.1) is 18.6 Å². The fraction of sp³-hybridized carbons (Fsp3) is 0.692. The average Bonchev–Trinajstić information content (AvgIpc) is 2.95. The van der Waals surface area contributed by atoms with Crippen LogP contribution < -0.4 is 5.11 Å². The number of rotatable bonds is 4. The van der Waals surface area contributed by atoms with Gasteiger partial charge < -0.3 is 19.5 Å². The third-order valence-electron chi connectivity index (χ3n) is 4.23. The largest absolute Gasteiger partial charge is 0.550 e. The molecule has 0 saturated carbocycles. The summed E-state index contributed by atoms with van der Waals surface area (Å²) < 4.78 is 5.74. The third kappa shape index (κ3) is 1.37. The Labute approximate surface area is 105 Å². The van der Waals surface area contributed by atoms with E-state index in [1.807, 2.05) is 6.08 Å². The lowest BCUT2D eigenvalue weighted by molar-refractivity contribution is -0.313. The molecule has 5 nitrogen and oxygen atoms in total. The molecular formula is C13H16NO4-. The zero-order valence-corrected chi connectivity index (χ0v) is 10.3. The van der Waals surface area contributed by atoms with Crippen LogP contribution in [0.1, 0.15) is 19.8 Å². The molecule has 3 aliphatic heterocycles. The molecule has 0 aromatic rings. The van der Waals surface area contributed by atoms with E-state index in [1.54, 1.807) is 11.0 Å². The van der Waals surface area contributed by atoms with Gasteiger partial charge in [-0.2, -0.15) is 0 Å². The van der Waals surface area contributed by atoms with Gasteiger partial charge in [-0.25, -0.2) is 0 Å². The van der Waals surface area contributed by atoms with Crippen molar-refractivity contribution in [2.24, 2.45) is 11.8 Å². The molecule has 2 fully saturated rings. The number of aliphatic carboxylic acids is 1. The quantitative estimate of drug-likeness (QED) is 0.620. The zero-order chi connectivity index (χ0) is 12.9. The summed E-state index contributed by atoms with van der Waals surface area (Å²) in [4.78, 5) is 25.2. The SMILES string of the molecule is CCCCN1C[C@@]23C=C[C@H](O2)[C@H](C(=O)[O-])[C@H]3C1=O. The van der Waals surface area contributed by atoms with Crippen molar-refractivity contribution in [3.05, 3.63) is 12.2 Å². The van der Waals surface area contributed by atoms with Crippen molar-refractivity contribution < 1.29 is 19.4 Å². The van der Waals surface area contributed by atoms with Gasteiger partial charge in [0.1, 0.15) is 5.60 Å². The molecule has 0 aromatic heterocycles. The molecular weight excluding hydrogens is 234 g/mol. The fourth-order valence-corrected chi connectivity index (χ4v) is 3.39. The fourth-order valence-electron chi connectivity index (χ4n) is 3.39. The van der Waals surface area contributed by atoms with Crippen molar-refractivity contribution in [3.8, 4) is 0 Å². The minimum absolute atomic E-state index is 0.0931. The highest BCUT2D eigenvalue weighted by atomic mass is 16.5. The van der Waals surface area contributed by atoms with E-state index >= 15 is 0 Å². The van der Waals surface area contributed by atoms with Gasteiger partial charge in [-0.15, -0.1) is 0 Å². The highest BCUT2D eigenvalue weighted by Crippen LogP contribution is 2.51. The summed E-state index contributed by atoms with van der Waals surface area (Å²) in [5, 5.41) is 11.2. The molecule has 3 rings (SSSR count). The molecule has 1 spiro atoms. The normalized spacial score (nSPS) is 40.6. The summed E-state index contributed by atoms with van der Waals surface area (Å²) in [7, 11) is 0. The predicted octanol–water partition coefficient (Wildman–Crippen LogP) is -0.682. The Bertz CT molecular complexity index is 433. The molecule has 5 heteroatoms. The maximum absolute atomic E-state index is 12.3. The maximum Gasteiger partial charge on any atom is 0.229 e. The molecule has 0 aliphatic carbocycles. The highest BCUT2D eigenvalue weighted by Gasteiger charge is 2.65. The van der Waals surface area contributed by atoms with Gasteiger partial charge in [-0.3, -0.25) is 4.79 Å². The summed E-state index contributed by atoms with van der Waals surface area (Å²) in [6.45, 7) is 3.22. The Balaban J connectivity index is 1.87. The molecule has 2 bridgehead atoms. The number of nitrogens with zero attached hydrogens (tertiary/aromatic N) is 1. The minimum atomic E-state index is -1.18. The molecule has 4 atom stereocenters. The van der Waals surface area contributed by atoms with E-state index in [-0.39, 0.29) is 5.91 Å². The van der Waals surface area contributed by atoms with Crippen molar-refractivity contribution >= 4 is 11.9 Å². The van der Waals surface area contributed by atoms with E-state index in [1.165, 1.54) is 0 Å². The first-order valence-corrected chi connectivity index (χ1v) is 6.46. The number of unbranched alkanes of at least 4 members (excludes halogenated alkanes) is 1. The van der Waals surface area contributed by atoms with E-state index in [4.69, 9.17) is 4.74 Å². The number of hydrogen-bond acceptors (Lipinski definition) is 4. The molecule has 3 heterocycles. The van der Waals surface area contributed by atoms with Crippen LogP contribution >= 0.6 is 0 Å². The van der Waals surface area contributed by atoms with E-state index in [0.29, 0.717) is 13.1 Å². The van der Waals surface area contributed by atoms with Gasteiger partial charge in [-0.05, 0) is 6.42 Å². The van der Waals surface area contributed by atoms with Gasteiger partial charge in [0.25, 0.3) is 0 Å². The molecule has 0 aromatic carbocycles. The molecule has 98 valence electrons. The van der Waals surface area contributed by atoms with Gasteiger partial charge in [-0.1, -0.05) is 25.5 Å². The number of carboxylic acid groups (broad SMARTS) is 1. The van der Waals surface area contributed by atoms with Crippen molar-refractivity contribution in [2.45, 2.75) is 31.5 Å². The van der Waals surface area contributed by atoms with Crippen LogP contribution in [0.25, 0.3) is 0 Å². The smallest absolute Gasteiger partial charge is 0.229 e. The Kier molecular flexibility index (Phi) is 2.48. The molecule has 18 heavy (non-hydrogen) atoms. The number of fused-ring (bicyclic) bond motifs is 1. The van der Waals surface area contributed by atoms with Crippen molar-refractivity contribution in [1.82, 2.24) is 4.90 Å². The Morgan fingerprint density at radius 2 is 2.44 bits per heavy atom. The first-order chi connectivity index (χ1) is 8.59. The second-order valence-electron chi connectivity index (χ2n) is 5.33. The number of carbonyl (C=O) groups is 2. The van der Waals surface area contributed by atoms with Crippen LogP contribution in [0.4, 0.5) is 0 Å². The number of likely N-dealkylation sites (tertiary alicyclic amines) is 1. The Hall–Kier alpha value is -1.36. The van der Waals surface area contributed by atoms with Crippen LogP contribution in [0.2, 0.25) is 0 Å². The molecule has 0 radical (unpaired) electrons. The Morgan fingerprint density at radius 3 is 3.11 bits per heavy atom. The summed E-state index contributed by atoms with van der Waals surface area (Å²) >= 11 is 0. The second-order valence-corrected chi connectivity index (χ2v) is 5.33. The van der Waals surface area contributed by atoms with Crippen molar-refractivity contribution in [2.75, 3.05) is 13.1 Å². The van der Waals surface area contributed by atoms with E-state index in [0.717, 1.165) is 12.8 Å². The lowest BCUT2D eigenvalue weighted by Gasteiger charge is -2.24. The van der Waals surface area contributed by atoms with E-state index in [2.05, 4.69) is 6.92 Å². The maximum atomic E-state index is 12.3. The topological polar surface area (TPSA) is 69.7 Å². The standard InChI is InChI=1S/C13H17NO4/c1-2-3-6-14-7-13-5-4-8(18-13)9(12(16)17)10(13)11(14)15/h4-5,8-10H,2-3,6-7H2,1H3,(H,16,17)/p-1/t8-,9-,10-,13+/m0/s1. The summed E-state index contributed by atoms with van der Waals surface area (Å²) in [6.07, 6.45) is 5.07. The minimum Gasteiger partial charge on any atom is -0.550 e.